The van der Waals surface area contributed by atoms with E-state index >= 15 is 0 Å². The van der Waals surface area contributed by atoms with E-state index in [0.29, 0.717) is 28.3 Å². The second-order valence-corrected chi connectivity index (χ2v) is 6.14. The Morgan fingerprint density at radius 1 is 1.11 bits per heavy atom. The lowest BCUT2D eigenvalue weighted by Gasteiger charge is -2.11. The zero-order chi connectivity index (χ0) is 18.8. The summed E-state index contributed by atoms with van der Waals surface area (Å²) in [7, 11) is 1.61. The van der Waals surface area contributed by atoms with Crippen molar-refractivity contribution in [1.82, 2.24) is 14.6 Å². The first-order valence-corrected chi connectivity index (χ1v) is 8.51. The number of para-hydroxylation sites is 2. The van der Waals surface area contributed by atoms with Crippen LogP contribution in [0.3, 0.4) is 0 Å². The van der Waals surface area contributed by atoms with Crippen molar-refractivity contribution in [2.24, 2.45) is 0 Å². The van der Waals surface area contributed by atoms with Crippen LogP contribution >= 0.6 is 0 Å². The Morgan fingerprint density at radius 2 is 1.89 bits per heavy atom. The minimum absolute atomic E-state index is 0.490. The highest BCUT2D eigenvalue weighted by atomic mass is 16.5. The zero-order valence-corrected chi connectivity index (χ0v) is 15.0. The number of anilines is 2. The highest BCUT2D eigenvalue weighted by Gasteiger charge is 2.18. The highest BCUT2D eigenvalue weighted by molar-refractivity contribution is 5.99. The number of benzene rings is 2. The van der Waals surface area contributed by atoms with Crippen molar-refractivity contribution < 1.29 is 9.53 Å². The van der Waals surface area contributed by atoms with Crippen LogP contribution in [0.25, 0.3) is 16.8 Å². The highest BCUT2D eigenvalue weighted by Crippen LogP contribution is 2.32. The van der Waals surface area contributed by atoms with E-state index in [0.717, 1.165) is 23.1 Å². The molecule has 0 bridgehead atoms. The molecular formula is C21H18N4O2. The number of rotatable bonds is 5. The lowest BCUT2D eigenvalue weighted by atomic mass is 10.1. The quantitative estimate of drug-likeness (QED) is 0.540. The van der Waals surface area contributed by atoms with Gasteiger partial charge < -0.3 is 10.1 Å². The molecule has 0 atom stereocenters. The molecule has 2 aromatic carbocycles. The minimum Gasteiger partial charge on any atom is -0.495 e. The normalized spacial score (nSPS) is 10.7. The number of aromatic nitrogens is 3. The Balaban J connectivity index is 1.88. The van der Waals surface area contributed by atoms with Crippen molar-refractivity contribution in [3.8, 4) is 17.0 Å². The van der Waals surface area contributed by atoms with Crippen molar-refractivity contribution in [3.63, 3.8) is 0 Å². The van der Waals surface area contributed by atoms with Crippen molar-refractivity contribution >= 4 is 23.3 Å². The van der Waals surface area contributed by atoms with Gasteiger partial charge in [0.1, 0.15) is 17.0 Å². The van der Waals surface area contributed by atoms with Gasteiger partial charge in [-0.15, -0.1) is 0 Å². The standard InChI is InChI=1S/C21H18N4O2/c1-14-7-9-15(10-8-14)19-16(13-26)20-21(22-11-12-25(20)24-19)23-17-5-3-4-6-18(17)27-2/h3-13H,1-2H3,(H,22,23). The maximum atomic E-state index is 11.9. The van der Waals surface area contributed by atoms with Gasteiger partial charge in [0.2, 0.25) is 0 Å². The van der Waals surface area contributed by atoms with E-state index in [1.54, 1.807) is 24.0 Å². The summed E-state index contributed by atoms with van der Waals surface area (Å²) in [5, 5.41) is 7.86. The van der Waals surface area contributed by atoms with Crippen LogP contribution in [0.1, 0.15) is 15.9 Å². The molecule has 6 heteroatoms. The predicted molar refractivity (Wildman–Crippen MR) is 105 cm³/mol. The Hall–Kier alpha value is -3.67. The van der Waals surface area contributed by atoms with Gasteiger partial charge in [-0.2, -0.15) is 5.10 Å². The molecular weight excluding hydrogens is 340 g/mol. The summed E-state index contributed by atoms with van der Waals surface area (Å²) >= 11 is 0. The molecule has 27 heavy (non-hydrogen) atoms. The molecule has 4 aromatic rings. The summed E-state index contributed by atoms with van der Waals surface area (Å²) in [5.74, 6) is 1.22. The van der Waals surface area contributed by atoms with Gasteiger partial charge in [-0.05, 0) is 19.1 Å². The van der Waals surface area contributed by atoms with Gasteiger partial charge in [-0.3, -0.25) is 4.79 Å². The summed E-state index contributed by atoms with van der Waals surface area (Å²) in [5.41, 5.74) is 4.53. The van der Waals surface area contributed by atoms with E-state index in [1.807, 2.05) is 55.5 Å². The number of ether oxygens (including phenoxy) is 1. The molecule has 4 rings (SSSR count). The van der Waals surface area contributed by atoms with E-state index in [1.165, 1.54) is 0 Å². The topological polar surface area (TPSA) is 68.5 Å². The SMILES string of the molecule is COc1ccccc1Nc1nccn2nc(-c3ccc(C)cc3)c(C=O)c12. The number of aldehydes is 1. The van der Waals surface area contributed by atoms with Gasteiger partial charge >= 0.3 is 0 Å². The molecule has 0 saturated heterocycles. The fourth-order valence-corrected chi connectivity index (χ4v) is 3.03. The summed E-state index contributed by atoms with van der Waals surface area (Å²) in [6.07, 6.45) is 4.20. The average Bonchev–Trinajstić information content (AvgIpc) is 3.08. The average molecular weight is 358 g/mol. The molecule has 0 fully saturated rings. The summed E-state index contributed by atoms with van der Waals surface area (Å²) in [6.45, 7) is 2.02. The van der Waals surface area contributed by atoms with Crippen LogP contribution in [-0.2, 0) is 0 Å². The Morgan fingerprint density at radius 3 is 2.63 bits per heavy atom. The zero-order valence-electron chi connectivity index (χ0n) is 15.0. The molecule has 0 spiro atoms. The number of methoxy groups -OCH3 is 1. The van der Waals surface area contributed by atoms with Crippen LogP contribution in [0, 0.1) is 6.92 Å². The number of nitrogens with one attached hydrogen (secondary N) is 1. The summed E-state index contributed by atoms with van der Waals surface area (Å²) in [4.78, 5) is 16.4. The fourth-order valence-electron chi connectivity index (χ4n) is 3.03. The fraction of sp³-hybridized carbons (Fsp3) is 0.0952. The van der Waals surface area contributed by atoms with Gasteiger partial charge in [-0.1, -0.05) is 42.0 Å². The molecule has 0 aliphatic rings. The first-order chi connectivity index (χ1) is 13.2. The van der Waals surface area contributed by atoms with Crippen LogP contribution < -0.4 is 10.1 Å². The molecule has 0 aliphatic carbocycles. The van der Waals surface area contributed by atoms with Crippen LogP contribution in [-0.4, -0.2) is 28.0 Å². The molecule has 1 N–H and O–H groups in total. The number of nitrogens with zero attached hydrogens (tertiary/aromatic N) is 3. The lowest BCUT2D eigenvalue weighted by Crippen LogP contribution is -2.00. The largest absolute Gasteiger partial charge is 0.495 e. The predicted octanol–water partition coefficient (Wildman–Crippen LogP) is 4.27. The Labute approximate surface area is 156 Å². The molecule has 0 aliphatic heterocycles. The third-order valence-corrected chi connectivity index (χ3v) is 4.39. The maximum absolute atomic E-state index is 11.9. The monoisotopic (exact) mass is 358 g/mol. The molecule has 0 radical (unpaired) electrons. The molecule has 0 unspecified atom stereocenters. The number of hydrogen-bond donors (Lipinski definition) is 1. The van der Waals surface area contributed by atoms with Crippen molar-refractivity contribution in [2.45, 2.75) is 6.92 Å². The van der Waals surface area contributed by atoms with E-state index in [4.69, 9.17) is 4.74 Å². The second-order valence-electron chi connectivity index (χ2n) is 6.14. The van der Waals surface area contributed by atoms with E-state index < -0.39 is 0 Å². The van der Waals surface area contributed by atoms with Crippen LogP contribution in [0.4, 0.5) is 11.5 Å². The van der Waals surface area contributed by atoms with E-state index in [2.05, 4.69) is 15.4 Å². The number of carbonyl (C=O) groups is 1. The first kappa shape index (κ1) is 16.8. The van der Waals surface area contributed by atoms with Gasteiger partial charge in [0.25, 0.3) is 0 Å². The van der Waals surface area contributed by atoms with Crippen molar-refractivity contribution in [3.05, 3.63) is 72.1 Å². The van der Waals surface area contributed by atoms with Gasteiger partial charge in [0, 0.05) is 18.0 Å². The van der Waals surface area contributed by atoms with Gasteiger partial charge in [0.15, 0.2) is 12.1 Å². The van der Waals surface area contributed by atoms with Crippen molar-refractivity contribution in [2.75, 3.05) is 12.4 Å². The third-order valence-electron chi connectivity index (χ3n) is 4.39. The van der Waals surface area contributed by atoms with Gasteiger partial charge in [-0.25, -0.2) is 9.50 Å². The summed E-state index contributed by atoms with van der Waals surface area (Å²) < 4.78 is 7.06. The molecule has 0 amide bonds. The maximum Gasteiger partial charge on any atom is 0.157 e. The van der Waals surface area contributed by atoms with Crippen molar-refractivity contribution in [1.29, 1.82) is 0 Å². The number of hydrogen-bond acceptors (Lipinski definition) is 5. The lowest BCUT2D eigenvalue weighted by molar-refractivity contribution is 0.112. The molecule has 134 valence electrons. The molecule has 0 saturated carbocycles. The van der Waals surface area contributed by atoms with Gasteiger partial charge in [0.05, 0.1) is 18.4 Å². The second kappa shape index (κ2) is 6.92. The Bertz CT molecular complexity index is 1120. The third kappa shape index (κ3) is 3.01. The smallest absolute Gasteiger partial charge is 0.157 e. The van der Waals surface area contributed by atoms with E-state index in [-0.39, 0.29) is 0 Å². The van der Waals surface area contributed by atoms with Crippen LogP contribution in [0.5, 0.6) is 5.75 Å². The Kier molecular flexibility index (Phi) is 4.30. The number of carbonyl (C=O) groups excluding carboxylic acids is 1. The summed E-state index contributed by atoms with van der Waals surface area (Å²) in [6, 6.07) is 15.5. The van der Waals surface area contributed by atoms with Crippen LogP contribution in [0.15, 0.2) is 60.9 Å². The minimum atomic E-state index is 0.490. The number of aryl methyl sites for hydroxylation is 1. The molecule has 6 nitrogen and oxygen atoms in total. The molecule has 2 aromatic heterocycles. The number of fused-ring (bicyclic) bond motifs is 1. The first-order valence-electron chi connectivity index (χ1n) is 8.51. The van der Waals surface area contributed by atoms with E-state index in [9.17, 15) is 4.79 Å². The van der Waals surface area contributed by atoms with Crippen LogP contribution in [0.2, 0.25) is 0 Å². The molecule has 2 heterocycles.